The average Bonchev–Trinajstić information content (AvgIpc) is 3.23. The van der Waals surface area contributed by atoms with Gasteiger partial charge >= 0.3 is 12.7 Å². The molecule has 1 saturated heterocycles. The van der Waals surface area contributed by atoms with Gasteiger partial charge in [-0.2, -0.15) is 22.0 Å². The number of aliphatic hydroxyl groups excluding tert-OH is 1. The first kappa shape index (κ1) is 50.1. The number of aliphatic hydroxyl groups is 1. The Bertz CT molecular complexity index is 2090. The summed E-state index contributed by atoms with van der Waals surface area (Å²) in [5.74, 6) is 2.76. The van der Waals surface area contributed by atoms with Gasteiger partial charge in [-0.25, -0.2) is 18.8 Å². The molecule has 6 N–H and O–H groups in total. The third kappa shape index (κ3) is 14.3. The van der Waals surface area contributed by atoms with E-state index in [1.54, 1.807) is 30.5 Å². The van der Waals surface area contributed by atoms with E-state index in [0.29, 0.717) is 28.9 Å². The van der Waals surface area contributed by atoms with Crippen LogP contribution >= 0.6 is 0 Å². The van der Waals surface area contributed by atoms with Crippen molar-refractivity contribution in [3.63, 3.8) is 0 Å². The molecular formula is C45H55F7N8O3. The normalized spacial score (nSPS) is 16.0. The highest BCUT2D eigenvalue weighted by atomic mass is 19.4. The van der Waals surface area contributed by atoms with Crippen molar-refractivity contribution < 1.29 is 45.4 Å². The molecule has 18 heteroatoms. The fourth-order valence-corrected chi connectivity index (χ4v) is 7.03. The van der Waals surface area contributed by atoms with E-state index in [-0.39, 0.29) is 17.6 Å². The van der Waals surface area contributed by atoms with E-state index in [0.717, 1.165) is 77.5 Å². The summed E-state index contributed by atoms with van der Waals surface area (Å²) >= 11 is 0. The van der Waals surface area contributed by atoms with Crippen LogP contribution in [0.5, 0.6) is 0 Å². The molecule has 2 heterocycles. The molecule has 3 aromatic rings. The summed E-state index contributed by atoms with van der Waals surface area (Å²) < 4.78 is 97.7. The third-order valence-electron chi connectivity index (χ3n) is 11.0. The molecule has 2 aromatic carbocycles. The van der Waals surface area contributed by atoms with Crippen LogP contribution in [-0.4, -0.2) is 103 Å². The number of aromatic nitrogens is 1. The Morgan fingerprint density at radius 2 is 1.60 bits per heavy atom. The van der Waals surface area contributed by atoms with Crippen molar-refractivity contribution in [1.82, 2.24) is 25.8 Å². The monoisotopic (exact) mass is 888 g/mol. The molecule has 2 amide bonds. The standard InChI is InChI=1S/C45H55F7N8O3/c1-6-7-28(2)59-16-18-60(19-17-59)40-15-14-32(24-55-40)13-10-30-8-11-31(12-9-30)20-38(58-42(63)41(57-29(3)61)44(4,5)45(50,51)52)39(62)27-54-26-35-36(46)21-33(22-37(35)47)34(23-53)25-56-43(48)49/h8-9,11-12,14-15,21-25,28,38-39,41,43,54,62H,6-7,16-20,26-27,53H2,1-5H3,(H,57,61)(H,58,63)/t28?,38-,39-,41+/m0/s1. The van der Waals surface area contributed by atoms with Crippen molar-refractivity contribution in [1.29, 1.82) is 0 Å². The lowest BCUT2D eigenvalue weighted by Crippen LogP contribution is -2.61. The van der Waals surface area contributed by atoms with E-state index in [1.165, 1.54) is 6.42 Å². The molecule has 342 valence electrons. The number of halogens is 7. The summed E-state index contributed by atoms with van der Waals surface area (Å²) in [5, 5.41) is 18.5. The van der Waals surface area contributed by atoms with Gasteiger partial charge in [-0.3, -0.25) is 14.5 Å². The van der Waals surface area contributed by atoms with E-state index in [4.69, 9.17) is 5.73 Å². The van der Waals surface area contributed by atoms with Crippen molar-refractivity contribution >= 4 is 29.4 Å². The van der Waals surface area contributed by atoms with Gasteiger partial charge in [0.1, 0.15) is 23.5 Å². The number of carbonyl (C=O) groups excluding carboxylic acids is 2. The molecule has 0 spiro atoms. The van der Waals surface area contributed by atoms with Crippen molar-refractivity contribution in [3.8, 4) is 11.8 Å². The number of rotatable bonds is 18. The van der Waals surface area contributed by atoms with Gasteiger partial charge in [0.2, 0.25) is 11.8 Å². The first-order valence-corrected chi connectivity index (χ1v) is 20.5. The predicted molar refractivity (Wildman–Crippen MR) is 229 cm³/mol. The van der Waals surface area contributed by atoms with Crippen LogP contribution in [0.2, 0.25) is 0 Å². The van der Waals surface area contributed by atoms with Crippen molar-refractivity contribution in [2.45, 2.75) is 97.4 Å². The van der Waals surface area contributed by atoms with Gasteiger partial charge in [0.15, 0.2) is 0 Å². The Morgan fingerprint density at radius 3 is 2.14 bits per heavy atom. The highest BCUT2D eigenvalue weighted by Crippen LogP contribution is 2.40. The summed E-state index contributed by atoms with van der Waals surface area (Å²) in [4.78, 5) is 37.8. The molecule has 0 aliphatic carbocycles. The number of anilines is 1. The number of nitrogens with two attached hydrogens (primary N) is 1. The van der Waals surface area contributed by atoms with E-state index >= 15 is 8.78 Å². The topological polar surface area (TPSA) is 148 Å². The number of alkyl halides is 5. The summed E-state index contributed by atoms with van der Waals surface area (Å²) in [6, 6.07) is 9.45. The lowest BCUT2D eigenvalue weighted by Gasteiger charge is -2.38. The zero-order chi connectivity index (χ0) is 46.5. The van der Waals surface area contributed by atoms with Crippen LogP contribution in [0, 0.1) is 28.9 Å². The number of benzene rings is 2. The first-order chi connectivity index (χ1) is 29.7. The second kappa shape index (κ2) is 22.7. The summed E-state index contributed by atoms with van der Waals surface area (Å²) in [6.07, 6.45) is -1.05. The molecule has 1 aromatic heterocycles. The lowest BCUT2D eigenvalue weighted by molar-refractivity contribution is -0.221. The van der Waals surface area contributed by atoms with E-state index in [9.17, 15) is 36.6 Å². The Balaban J connectivity index is 1.49. The largest absolute Gasteiger partial charge is 0.404 e. The number of piperazine rings is 1. The second-order valence-corrected chi connectivity index (χ2v) is 16.0. The van der Waals surface area contributed by atoms with Crippen LogP contribution < -0.4 is 26.6 Å². The summed E-state index contributed by atoms with van der Waals surface area (Å²) in [5.41, 5.74) is 3.72. The number of pyridine rings is 1. The Morgan fingerprint density at radius 1 is 0.984 bits per heavy atom. The number of amides is 2. The van der Waals surface area contributed by atoms with Crippen molar-refractivity contribution in [3.05, 3.63) is 100 Å². The lowest BCUT2D eigenvalue weighted by atomic mass is 9.82. The van der Waals surface area contributed by atoms with Crippen LogP contribution in [0.25, 0.3) is 5.57 Å². The maximum atomic E-state index is 15.1. The van der Waals surface area contributed by atoms with Gasteiger partial charge in [0.05, 0.1) is 17.6 Å². The van der Waals surface area contributed by atoms with Gasteiger partial charge in [-0.05, 0) is 81.1 Å². The van der Waals surface area contributed by atoms with E-state index < -0.39 is 78.4 Å². The highest BCUT2D eigenvalue weighted by molar-refractivity contribution is 6.09. The molecule has 4 rings (SSSR count). The summed E-state index contributed by atoms with van der Waals surface area (Å²) in [7, 11) is 0. The number of nitrogens with one attached hydrogen (secondary N) is 3. The SMILES string of the molecule is CCCC(C)N1CCN(c2ccc(C#Cc3ccc(C[C@H](NC(=O)[C@@H](NC(C)=O)C(C)(C)C(F)(F)F)[C@@H](O)CNCc4c(F)cc(C(C=NC(F)F)=CN)cc4F)cc3)cn2)CC1. The minimum absolute atomic E-state index is 0.121. The molecule has 1 aliphatic heterocycles. The number of nitrogens with zero attached hydrogens (tertiary/aromatic N) is 4. The Kier molecular flexibility index (Phi) is 18.1. The van der Waals surface area contributed by atoms with Crippen LogP contribution in [0.1, 0.15) is 75.3 Å². The molecule has 1 unspecified atom stereocenters. The highest BCUT2D eigenvalue weighted by Gasteiger charge is 2.55. The molecule has 1 fully saturated rings. The van der Waals surface area contributed by atoms with Crippen molar-refractivity contribution in [2.75, 3.05) is 37.6 Å². The van der Waals surface area contributed by atoms with Crippen LogP contribution in [0.4, 0.5) is 36.6 Å². The molecule has 0 radical (unpaired) electrons. The molecule has 4 atom stereocenters. The molecular weight excluding hydrogens is 834 g/mol. The third-order valence-corrected chi connectivity index (χ3v) is 11.0. The Hall–Kier alpha value is -5.51. The van der Waals surface area contributed by atoms with Gasteiger partial charge in [-0.1, -0.05) is 37.3 Å². The molecule has 63 heavy (non-hydrogen) atoms. The zero-order valence-electron chi connectivity index (χ0n) is 35.9. The van der Waals surface area contributed by atoms with E-state index in [1.807, 2.05) is 12.1 Å². The predicted octanol–water partition coefficient (Wildman–Crippen LogP) is 5.93. The van der Waals surface area contributed by atoms with Crippen LogP contribution in [0.15, 0.2) is 65.9 Å². The minimum atomic E-state index is -4.93. The minimum Gasteiger partial charge on any atom is -0.404 e. The maximum Gasteiger partial charge on any atom is 0.396 e. The molecule has 1 aliphatic rings. The van der Waals surface area contributed by atoms with Crippen LogP contribution in [-0.2, 0) is 22.6 Å². The molecule has 0 bridgehead atoms. The number of allylic oxidation sites excluding steroid dienone is 1. The van der Waals surface area contributed by atoms with Gasteiger partial charge in [0, 0.05) is 93.1 Å². The van der Waals surface area contributed by atoms with E-state index in [2.05, 4.69) is 61.4 Å². The number of aliphatic imine (C=N–C) groups is 1. The second-order valence-electron chi connectivity index (χ2n) is 16.0. The number of carbonyl (C=O) groups is 2. The summed E-state index contributed by atoms with van der Waals surface area (Å²) in [6.45, 7) is 6.65. The van der Waals surface area contributed by atoms with Crippen molar-refractivity contribution in [2.24, 2.45) is 16.1 Å². The van der Waals surface area contributed by atoms with Gasteiger partial charge < -0.3 is 31.7 Å². The van der Waals surface area contributed by atoms with Gasteiger partial charge in [0.25, 0.3) is 0 Å². The number of hydrogen-bond donors (Lipinski definition) is 5. The zero-order valence-corrected chi connectivity index (χ0v) is 35.9. The average molecular weight is 889 g/mol. The maximum absolute atomic E-state index is 15.1. The number of hydrogen-bond acceptors (Lipinski definition) is 9. The smallest absolute Gasteiger partial charge is 0.396 e. The molecule has 0 saturated carbocycles. The Labute approximate surface area is 363 Å². The fraction of sp³-hybridized carbons (Fsp3) is 0.467. The molecule has 11 nitrogen and oxygen atoms in total. The van der Waals surface area contributed by atoms with Gasteiger partial charge in [-0.15, -0.1) is 0 Å². The fourth-order valence-electron chi connectivity index (χ4n) is 7.03. The quantitative estimate of drug-likeness (QED) is 0.0457. The first-order valence-electron chi connectivity index (χ1n) is 20.5. The van der Waals surface area contributed by atoms with Crippen LogP contribution in [0.3, 0.4) is 0 Å².